The average Bonchev–Trinajstić information content (AvgIpc) is 1.88. The molecule has 0 aromatic rings. The number of halogens is 1. The van der Waals surface area contributed by atoms with Crippen LogP contribution in [0, 0.1) is 0 Å². The molecule has 12 heavy (non-hydrogen) atoms. The summed E-state index contributed by atoms with van der Waals surface area (Å²) in [4.78, 5) is 0. The Morgan fingerprint density at radius 3 is 2.17 bits per heavy atom. The van der Waals surface area contributed by atoms with E-state index in [2.05, 4.69) is 5.32 Å². The summed E-state index contributed by atoms with van der Waals surface area (Å²) < 4.78 is 0.534. The molecule has 66 valence electrons. The maximum Gasteiger partial charge on any atom is 2.00 e. The molecule has 0 aromatic heterocycles. The molecule has 0 bridgehead atoms. The average molecular weight is 279 g/mol. The number of nitrogens with one attached hydrogen (secondary N) is 1. The van der Waals surface area contributed by atoms with E-state index in [-0.39, 0.29) is 40.0 Å². The SMILES string of the molecule is S=C([S-])NC1CCCCC1.[Br-].[Mg+2]. The molecule has 0 heterocycles. The molecule has 1 N–H and O–H groups in total. The maximum absolute atomic E-state index is 4.78. The van der Waals surface area contributed by atoms with Gasteiger partial charge in [-0.3, -0.25) is 0 Å². The first-order valence-electron chi connectivity index (χ1n) is 3.76. The van der Waals surface area contributed by atoms with Crippen molar-refractivity contribution >= 4 is 52.2 Å². The van der Waals surface area contributed by atoms with Crippen molar-refractivity contribution in [1.29, 1.82) is 0 Å². The molecule has 5 heteroatoms. The van der Waals surface area contributed by atoms with E-state index in [1.54, 1.807) is 0 Å². The number of hydrogen-bond donors (Lipinski definition) is 1. The Balaban J connectivity index is 0. The summed E-state index contributed by atoms with van der Waals surface area (Å²) in [5.74, 6) is 0. The monoisotopic (exact) mass is 277 g/mol. The molecular formula is C7H12BrMgNS2. The van der Waals surface area contributed by atoms with Gasteiger partial charge in [0.15, 0.2) is 0 Å². The zero-order valence-corrected chi connectivity index (χ0v) is 11.6. The second-order valence-electron chi connectivity index (χ2n) is 2.77. The van der Waals surface area contributed by atoms with E-state index in [9.17, 15) is 0 Å². The number of rotatable bonds is 1. The van der Waals surface area contributed by atoms with E-state index < -0.39 is 0 Å². The first kappa shape index (κ1) is 15.8. The van der Waals surface area contributed by atoms with Gasteiger partial charge in [-0.2, -0.15) is 0 Å². The van der Waals surface area contributed by atoms with Crippen LogP contribution in [0.2, 0.25) is 0 Å². The van der Waals surface area contributed by atoms with E-state index in [0.717, 1.165) is 0 Å². The van der Waals surface area contributed by atoms with Crippen LogP contribution < -0.4 is 22.3 Å². The van der Waals surface area contributed by atoms with Crippen molar-refractivity contribution in [3.05, 3.63) is 0 Å². The van der Waals surface area contributed by atoms with Gasteiger partial charge < -0.3 is 47.1 Å². The minimum Gasteiger partial charge on any atom is -1.00 e. The first-order valence-corrected chi connectivity index (χ1v) is 4.58. The van der Waals surface area contributed by atoms with Gasteiger partial charge in [-0.1, -0.05) is 23.6 Å². The summed E-state index contributed by atoms with van der Waals surface area (Å²) in [6.07, 6.45) is 6.53. The minimum absolute atomic E-state index is 0. The fraction of sp³-hybridized carbons (Fsp3) is 0.857. The largest absolute Gasteiger partial charge is 2.00 e. The van der Waals surface area contributed by atoms with Crippen molar-refractivity contribution < 1.29 is 17.0 Å². The van der Waals surface area contributed by atoms with Gasteiger partial charge in [0.05, 0.1) is 0 Å². The van der Waals surface area contributed by atoms with Gasteiger partial charge in [-0.25, -0.2) is 0 Å². The fourth-order valence-electron chi connectivity index (χ4n) is 1.41. The Bertz CT molecular complexity index is 129. The van der Waals surface area contributed by atoms with Crippen molar-refractivity contribution in [2.45, 2.75) is 38.1 Å². The molecule has 1 nitrogen and oxygen atoms in total. The standard InChI is InChI=1S/C7H13NS2.BrH.Mg/c9-7(10)8-6-4-2-1-3-5-6;;/h6H,1-5H2,(H2,8,9,10);1H;/q;;+2/p-2. The number of hydrogen-bond acceptors (Lipinski definition) is 2. The topological polar surface area (TPSA) is 12.0 Å². The van der Waals surface area contributed by atoms with Gasteiger partial charge in [-0.15, -0.1) is 0 Å². The molecular weight excluding hydrogens is 266 g/mol. The summed E-state index contributed by atoms with van der Waals surface area (Å²) in [5.41, 5.74) is 0. The molecule has 0 unspecified atom stereocenters. The van der Waals surface area contributed by atoms with Crippen LogP contribution in [0.5, 0.6) is 0 Å². The van der Waals surface area contributed by atoms with Crippen molar-refractivity contribution in [3.8, 4) is 0 Å². The molecule has 0 radical (unpaired) electrons. The number of thiocarbonyl (C=S) groups is 1. The summed E-state index contributed by atoms with van der Waals surface area (Å²) in [6, 6.07) is 0.582. The van der Waals surface area contributed by atoms with Gasteiger partial charge >= 0.3 is 23.1 Å². The van der Waals surface area contributed by atoms with Gasteiger partial charge in [0.2, 0.25) is 0 Å². The predicted octanol–water partition coefficient (Wildman–Crippen LogP) is -1.64. The second-order valence-corrected chi connectivity index (χ2v) is 3.84. The van der Waals surface area contributed by atoms with Crippen LogP contribution in [0.3, 0.4) is 0 Å². The second kappa shape index (κ2) is 8.93. The molecule has 0 aliphatic heterocycles. The van der Waals surface area contributed by atoms with Crippen LogP contribution in [-0.2, 0) is 12.6 Å². The summed E-state index contributed by atoms with van der Waals surface area (Å²) in [6.45, 7) is 0. The third-order valence-corrected chi connectivity index (χ3v) is 2.16. The van der Waals surface area contributed by atoms with E-state index in [1.165, 1.54) is 32.1 Å². The van der Waals surface area contributed by atoms with Crippen molar-refractivity contribution in [1.82, 2.24) is 5.32 Å². The molecule has 1 fully saturated rings. The molecule has 0 spiro atoms. The van der Waals surface area contributed by atoms with Crippen LogP contribution in [0.15, 0.2) is 0 Å². The normalized spacial score (nSPS) is 17.0. The Hall–Kier alpha value is 1.36. The van der Waals surface area contributed by atoms with Crippen LogP contribution in [0.1, 0.15) is 32.1 Å². The molecule has 1 rings (SSSR count). The smallest absolute Gasteiger partial charge is 1.00 e. The Morgan fingerprint density at radius 1 is 1.25 bits per heavy atom. The van der Waals surface area contributed by atoms with E-state index in [0.29, 0.717) is 10.4 Å². The zero-order chi connectivity index (χ0) is 7.40. The van der Waals surface area contributed by atoms with Crippen molar-refractivity contribution in [2.75, 3.05) is 0 Å². The van der Waals surface area contributed by atoms with Gasteiger partial charge in [0.1, 0.15) is 0 Å². The molecule has 0 atom stereocenters. The third kappa shape index (κ3) is 6.83. The maximum atomic E-state index is 4.78. The van der Waals surface area contributed by atoms with Crippen LogP contribution >= 0.6 is 12.2 Å². The molecule has 1 saturated carbocycles. The molecule has 0 saturated heterocycles. The molecule has 0 aromatic carbocycles. The molecule has 1 aliphatic carbocycles. The fourth-order valence-corrected chi connectivity index (χ4v) is 1.75. The quantitative estimate of drug-likeness (QED) is 0.351. The predicted molar refractivity (Wildman–Crippen MR) is 55.7 cm³/mol. The summed E-state index contributed by atoms with van der Waals surface area (Å²) >= 11 is 9.56. The van der Waals surface area contributed by atoms with Gasteiger partial charge in [-0.05, 0) is 12.8 Å². The molecule has 1 aliphatic rings. The van der Waals surface area contributed by atoms with Crippen LogP contribution in [0.25, 0.3) is 0 Å². The summed E-state index contributed by atoms with van der Waals surface area (Å²) in [7, 11) is 0. The summed E-state index contributed by atoms with van der Waals surface area (Å²) in [5, 5.41) is 3.13. The van der Waals surface area contributed by atoms with E-state index >= 15 is 0 Å². The van der Waals surface area contributed by atoms with E-state index in [4.69, 9.17) is 24.8 Å². The van der Waals surface area contributed by atoms with E-state index in [1.807, 2.05) is 0 Å². The van der Waals surface area contributed by atoms with Gasteiger partial charge in [0, 0.05) is 6.04 Å². The first-order chi connectivity index (χ1) is 4.79. The Morgan fingerprint density at radius 2 is 1.75 bits per heavy atom. The van der Waals surface area contributed by atoms with Crippen LogP contribution in [-0.4, -0.2) is 33.4 Å². The third-order valence-electron chi connectivity index (χ3n) is 1.93. The van der Waals surface area contributed by atoms with Crippen molar-refractivity contribution in [2.24, 2.45) is 0 Å². The van der Waals surface area contributed by atoms with Gasteiger partial charge in [0.25, 0.3) is 0 Å². The van der Waals surface area contributed by atoms with Crippen molar-refractivity contribution in [3.63, 3.8) is 0 Å². The Labute approximate surface area is 112 Å². The molecule has 0 amide bonds. The zero-order valence-electron chi connectivity index (χ0n) is 7.01. The van der Waals surface area contributed by atoms with Crippen LogP contribution in [0.4, 0.5) is 0 Å². The minimum atomic E-state index is 0. The Kier molecular flexibility index (Phi) is 11.8.